The maximum absolute atomic E-state index is 12.6. The molecule has 1 unspecified atom stereocenters. The van der Waals surface area contributed by atoms with Gasteiger partial charge in [0.2, 0.25) is 0 Å². The van der Waals surface area contributed by atoms with Crippen LogP contribution in [-0.4, -0.2) is 31.4 Å². The Kier molecular flexibility index (Phi) is 9.72. The van der Waals surface area contributed by atoms with Gasteiger partial charge in [-0.1, -0.05) is 39.2 Å². The summed E-state index contributed by atoms with van der Waals surface area (Å²) in [6.07, 6.45) is 1.55. The van der Waals surface area contributed by atoms with E-state index in [1.807, 2.05) is 13.8 Å². The molecule has 0 aromatic carbocycles. The molecule has 0 rings (SSSR count). The van der Waals surface area contributed by atoms with Crippen LogP contribution in [-0.2, 0) is 23.9 Å². The summed E-state index contributed by atoms with van der Waals surface area (Å²) in [5.41, 5.74) is -0.236. The molecule has 0 aliphatic rings. The van der Waals surface area contributed by atoms with Crippen molar-refractivity contribution < 1.29 is 23.9 Å². The molecule has 0 aliphatic carbocycles. The highest BCUT2D eigenvalue weighted by Crippen LogP contribution is 2.42. The predicted molar refractivity (Wildman–Crippen MR) is 97.9 cm³/mol. The highest BCUT2D eigenvalue weighted by atomic mass is 16.5. The van der Waals surface area contributed by atoms with Crippen molar-refractivity contribution in [1.82, 2.24) is 0 Å². The van der Waals surface area contributed by atoms with E-state index in [2.05, 4.69) is 19.7 Å². The fraction of sp³-hybridized carbons (Fsp3) is 0.550. The summed E-state index contributed by atoms with van der Waals surface area (Å²) in [4.78, 5) is 36.8. The van der Waals surface area contributed by atoms with Gasteiger partial charge in [0.15, 0.2) is 5.78 Å². The van der Waals surface area contributed by atoms with Crippen LogP contribution >= 0.6 is 0 Å². The third kappa shape index (κ3) is 6.00. The lowest BCUT2D eigenvalue weighted by Crippen LogP contribution is -2.37. The summed E-state index contributed by atoms with van der Waals surface area (Å²) in [5, 5.41) is 0. The Morgan fingerprint density at radius 2 is 1.52 bits per heavy atom. The third-order valence-corrected chi connectivity index (χ3v) is 4.15. The Morgan fingerprint density at radius 1 is 0.960 bits per heavy atom. The topological polar surface area (TPSA) is 69.7 Å². The molecule has 0 saturated carbocycles. The van der Waals surface area contributed by atoms with Gasteiger partial charge in [-0.2, -0.15) is 0 Å². The van der Waals surface area contributed by atoms with Gasteiger partial charge < -0.3 is 9.47 Å². The number of esters is 2. The number of methoxy groups -OCH3 is 1. The third-order valence-electron chi connectivity index (χ3n) is 4.15. The number of carbonyl (C=O) groups excluding carboxylic acids is 3. The number of carbonyl (C=O) groups is 3. The highest BCUT2D eigenvalue weighted by Gasteiger charge is 2.44. The second-order valence-corrected chi connectivity index (χ2v) is 5.99. The van der Waals surface area contributed by atoms with E-state index in [9.17, 15) is 14.4 Å². The Hall–Kier alpha value is -2.17. The van der Waals surface area contributed by atoms with Crippen molar-refractivity contribution in [3.63, 3.8) is 0 Å². The number of ketones is 1. The lowest BCUT2D eigenvalue weighted by molar-refractivity contribution is -0.150. The van der Waals surface area contributed by atoms with Crippen LogP contribution in [0.2, 0.25) is 0 Å². The van der Waals surface area contributed by atoms with Crippen LogP contribution in [0.1, 0.15) is 52.9 Å². The van der Waals surface area contributed by atoms with Gasteiger partial charge in [0.25, 0.3) is 0 Å². The van der Waals surface area contributed by atoms with Crippen molar-refractivity contribution in [2.75, 3.05) is 13.7 Å². The minimum Gasteiger partial charge on any atom is -0.468 e. The molecule has 0 bridgehead atoms. The summed E-state index contributed by atoms with van der Waals surface area (Å²) in [5.74, 6) is -1.25. The summed E-state index contributed by atoms with van der Waals surface area (Å²) < 4.78 is 9.93. The highest BCUT2D eigenvalue weighted by molar-refractivity contribution is 5.96. The summed E-state index contributed by atoms with van der Waals surface area (Å²) in [6, 6.07) is 0. The minimum absolute atomic E-state index is 0.0242. The molecule has 0 saturated heterocycles. The van der Waals surface area contributed by atoms with Crippen molar-refractivity contribution in [3.8, 4) is 0 Å². The zero-order chi connectivity index (χ0) is 19.6. The Labute approximate surface area is 150 Å². The van der Waals surface area contributed by atoms with Gasteiger partial charge in [0.05, 0.1) is 19.1 Å². The van der Waals surface area contributed by atoms with Crippen molar-refractivity contribution in [2.45, 2.75) is 52.9 Å². The number of allylic oxidation sites excluding steroid dienone is 1. The van der Waals surface area contributed by atoms with Gasteiger partial charge in [-0.3, -0.25) is 9.59 Å². The fourth-order valence-corrected chi connectivity index (χ4v) is 2.67. The van der Waals surface area contributed by atoms with Crippen LogP contribution in [0.4, 0.5) is 0 Å². The quantitative estimate of drug-likeness (QED) is 0.303. The first-order valence-corrected chi connectivity index (χ1v) is 8.52. The summed E-state index contributed by atoms with van der Waals surface area (Å²) in [7, 11) is 1.27. The molecule has 0 heterocycles. The van der Waals surface area contributed by atoms with Gasteiger partial charge in [-0.15, -0.1) is 0 Å². The van der Waals surface area contributed by atoms with Crippen molar-refractivity contribution in [2.24, 2.45) is 5.41 Å². The summed E-state index contributed by atoms with van der Waals surface area (Å²) >= 11 is 0. The monoisotopic (exact) mass is 350 g/mol. The first-order valence-electron chi connectivity index (χ1n) is 8.52. The molecule has 0 radical (unpaired) electrons. The Bertz CT molecular complexity index is 506. The lowest BCUT2D eigenvalue weighted by Gasteiger charge is -2.33. The van der Waals surface area contributed by atoms with E-state index < -0.39 is 17.4 Å². The van der Waals surface area contributed by atoms with E-state index in [1.165, 1.54) is 7.11 Å². The van der Waals surface area contributed by atoms with Crippen LogP contribution in [0.15, 0.2) is 36.5 Å². The maximum Gasteiger partial charge on any atom is 0.333 e. The van der Waals surface area contributed by atoms with Crippen molar-refractivity contribution in [1.29, 1.82) is 0 Å². The molecule has 0 aromatic heterocycles. The lowest BCUT2D eigenvalue weighted by atomic mass is 9.70. The van der Waals surface area contributed by atoms with E-state index in [-0.39, 0.29) is 30.8 Å². The first kappa shape index (κ1) is 22.8. The minimum atomic E-state index is -1.26. The Morgan fingerprint density at radius 3 is 1.96 bits per heavy atom. The number of hydrogen-bond donors (Lipinski definition) is 0. The van der Waals surface area contributed by atoms with Crippen LogP contribution < -0.4 is 0 Å². The van der Waals surface area contributed by atoms with E-state index in [1.54, 1.807) is 6.92 Å². The van der Waals surface area contributed by atoms with Crippen molar-refractivity contribution in [3.05, 3.63) is 36.5 Å². The molecule has 0 aromatic rings. The summed E-state index contributed by atoms with van der Waals surface area (Å²) in [6.45, 7) is 17.2. The number of rotatable bonds is 12. The average molecular weight is 350 g/mol. The zero-order valence-corrected chi connectivity index (χ0v) is 15.9. The van der Waals surface area contributed by atoms with Crippen LogP contribution in [0.3, 0.4) is 0 Å². The SMILES string of the molecule is C=C(CC(CC(=C)C(=O)OCC)(C(=C)CC)C(=O)OC)C(=O)CCC. The van der Waals surface area contributed by atoms with Gasteiger partial charge in [-0.25, -0.2) is 4.79 Å². The van der Waals surface area contributed by atoms with E-state index in [0.717, 1.165) is 0 Å². The largest absolute Gasteiger partial charge is 0.468 e. The van der Waals surface area contributed by atoms with Crippen LogP contribution in [0.25, 0.3) is 0 Å². The molecule has 0 spiro atoms. The van der Waals surface area contributed by atoms with Gasteiger partial charge in [0.1, 0.15) is 0 Å². The second kappa shape index (κ2) is 10.6. The zero-order valence-electron chi connectivity index (χ0n) is 15.9. The molecule has 5 heteroatoms. The van der Waals surface area contributed by atoms with Crippen LogP contribution in [0, 0.1) is 5.41 Å². The molecule has 140 valence electrons. The predicted octanol–water partition coefficient (Wildman–Crippen LogP) is 3.94. The first-order chi connectivity index (χ1) is 11.7. The molecule has 0 fully saturated rings. The number of hydrogen-bond acceptors (Lipinski definition) is 5. The van der Waals surface area contributed by atoms with Gasteiger partial charge in [0, 0.05) is 12.0 Å². The van der Waals surface area contributed by atoms with E-state index >= 15 is 0 Å². The maximum atomic E-state index is 12.6. The average Bonchev–Trinajstić information content (AvgIpc) is 2.59. The number of Topliss-reactive ketones (excluding diaryl/α,β-unsaturated/α-hetero) is 1. The molecular weight excluding hydrogens is 320 g/mol. The van der Waals surface area contributed by atoms with Gasteiger partial charge >= 0.3 is 11.9 Å². The molecule has 1 atom stereocenters. The Balaban J connectivity index is 5.82. The molecule has 0 N–H and O–H groups in total. The number of ether oxygens (including phenoxy) is 2. The standard InChI is InChI=1S/C20H30O5/c1-8-11-17(21)14(4)12-20(16(6)9-2,19(23)24-7)13-15(5)18(22)25-10-3/h4-6,8-13H2,1-3,7H3. The van der Waals surface area contributed by atoms with E-state index in [0.29, 0.717) is 30.4 Å². The molecule has 5 nitrogen and oxygen atoms in total. The molecule has 0 aliphatic heterocycles. The van der Waals surface area contributed by atoms with E-state index in [4.69, 9.17) is 9.47 Å². The van der Waals surface area contributed by atoms with Crippen LogP contribution in [0.5, 0.6) is 0 Å². The molecule has 25 heavy (non-hydrogen) atoms. The second-order valence-electron chi connectivity index (χ2n) is 5.99. The van der Waals surface area contributed by atoms with Gasteiger partial charge in [-0.05, 0) is 38.2 Å². The fourth-order valence-electron chi connectivity index (χ4n) is 2.67. The molecular formula is C20H30O5. The normalized spacial score (nSPS) is 12.6. The smallest absolute Gasteiger partial charge is 0.333 e. The van der Waals surface area contributed by atoms with Crippen molar-refractivity contribution >= 4 is 17.7 Å². The molecule has 0 amide bonds.